The molecule has 6 heteroatoms. The van der Waals surface area contributed by atoms with Crippen molar-refractivity contribution in [2.24, 2.45) is 5.73 Å². The standard InChI is InChI=1S/C17H16BrN3O2/c18-13-4-5-16-12(8-13)9-15(11-20-16)22-6-7-23-17-3-1-2-14(10-19)21-17/h1-5,8-9,11H,6-7,10,19H2. The van der Waals surface area contributed by atoms with Crippen LogP contribution in [-0.4, -0.2) is 23.2 Å². The van der Waals surface area contributed by atoms with Gasteiger partial charge in [0.2, 0.25) is 5.88 Å². The van der Waals surface area contributed by atoms with Gasteiger partial charge >= 0.3 is 0 Å². The first-order valence-electron chi connectivity index (χ1n) is 7.21. The number of halogens is 1. The van der Waals surface area contributed by atoms with Crippen LogP contribution in [0.4, 0.5) is 0 Å². The summed E-state index contributed by atoms with van der Waals surface area (Å²) in [6.07, 6.45) is 1.71. The van der Waals surface area contributed by atoms with Crippen LogP contribution < -0.4 is 15.2 Å². The molecule has 0 radical (unpaired) electrons. The minimum absolute atomic E-state index is 0.395. The molecule has 0 unspecified atom stereocenters. The Morgan fingerprint density at radius 2 is 1.91 bits per heavy atom. The second kappa shape index (κ2) is 7.39. The van der Waals surface area contributed by atoms with Crippen LogP contribution in [0.3, 0.4) is 0 Å². The van der Waals surface area contributed by atoms with E-state index in [-0.39, 0.29) is 0 Å². The Bertz CT molecular complexity index is 811. The van der Waals surface area contributed by atoms with Gasteiger partial charge in [0.15, 0.2) is 0 Å². The van der Waals surface area contributed by atoms with Crippen molar-refractivity contribution in [2.45, 2.75) is 6.54 Å². The molecule has 2 heterocycles. The van der Waals surface area contributed by atoms with Crippen LogP contribution in [0, 0.1) is 0 Å². The van der Waals surface area contributed by atoms with Crippen molar-refractivity contribution in [1.29, 1.82) is 0 Å². The highest BCUT2D eigenvalue weighted by molar-refractivity contribution is 9.10. The van der Waals surface area contributed by atoms with Crippen molar-refractivity contribution >= 4 is 26.8 Å². The third kappa shape index (κ3) is 4.18. The molecule has 0 atom stereocenters. The predicted molar refractivity (Wildman–Crippen MR) is 92.6 cm³/mol. The van der Waals surface area contributed by atoms with Crippen molar-refractivity contribution in [3.8, 4) is 11.6 Å². The lowest BCUT2D eigenvalue weighted by Gasteiger charge is -2.09. The molecule has 0 saturated carbocycles. The second-order valence-electron chi connectivity index (χ2n) is 4.88. The maximum Gasteiger partial charge on any atom is 0.213 e. The number of nitrogens with zero attached hydrogens (tertiary/aromatic N) is 2. The molecule has 2 N–H and O–H groups in total. The van der Waals surface area contributed by atoms with Crippen LogP contribution in [0.2, 0.25) is 0 Å². The molecule has 0 saturated heterocycles. The minimum Gasteiger partial charge on any atom is -0.488 e. The first kappa shape index (κ1) is 15.7. The molecule has 3 aromatic rings. The highest BCUT2D eigenvalue weighted by Crippen LogP contribution is 2.22. The number of hydrogen-bond donors (Lipinski definition) is 1. The van der Waals surface area contributed by atoms with E-state index in [1.165, 1.54) is 0 Å². The highest BCUT2D eigenvalue weighted by Gasteiger charge is 2.01. The van der Waals surface area contributed by atoms with E-state index in [9.17, 15) is 0 Å². The molecular weight excluding hydrogens is 358 g/mol. The van der Waals surface area contributed by atoms with Crippen molar-refractivity contribution in [3.05, 3.63) is 58.8 Å². The highest BCUT2D eigenvalue weighted by atomic mass is 79.9. The van der Waals surface area contributed by atoms with Crippen molar-refractivity contribution in [2.75, 3.05) is 13.2 Å². The summed E-state index contributed by atoms with van der Waals surface area (Å²) in [6.45, 7) is 1.21. The molecule has 0 spiro atoms. The van der Waals surface area contributed by atoms with Crippen molar-refractivity contribution < 1.29 is 9.47 Å². The molecule has 0 aliphatic rings. The average Bonchev–Trinajstić information content (AvgIpc) is 2.58. The summed E-state index contributed by atoms with van der Waals surface area (Å²) in [6, 6.07) is 13.4. The number of fused-ring (bicyclic) bond motifs is 1. The number of benzene rings is 1. The molecular formula is C17H16BrN3O2. The Morgan fingerprint density at radius 3 is 2.78 bits per heavy atom. The molecule has 0 amide bonds. The van der Waals surface area contributed by atoms with Gasteiger partial charge in [-0.25, -0.2) is 4.98 Å². The lowest BCUT2D eigenvalue weighted by atomic mass is 10.2. The van der Waals surface area contributed by atoms with Gasteiger partial charge in [0.25, 0.3) is 0 Å². The lowest BCUT2D eigenvalue weighted by Crippen LogP contribution is -2.10. The zero-order valence-corrected chi connectivity index (χ0v) is 14.0. The van der Waals surface area contributed by atoms with E-state index in [0.717, 1.165) is 21.1 Å². The number of rotatable bonds is 6. The summed E-state index contributed by atoms with van der Waals surface area (Å²) in [5, 5.41) is 1.02. The third-order valence-corrected chi connectivity index (χ3v) is 3.70. The first-order valence-corrected chi connectivity index (χ1v) is 8.01. The van der Waals surface area contributed by atoms with E-state index in [0.29, 0.717) is 31.4 Å². The Morgan fingerprint density at radius 1 is 1.04 bits per heavy atom. The summed E-state index contributed by atoms with van der Waals surface area (Å²) >= 11 is 3.45. The van der Waals surface area contributed by atoms with Crippen LogP contribution in [-0.2, 0) is 6.54 Å². The van der Waals surface area contributed by atoms with Gasteiger partial charge in [-0.1, -0.05) is 22.0 Å². The van der Waals surface area contributed by atoms with Crippen LogP contribution in [0.25, 0.3) is 10.9 Å². The van der Waals surface area contributed by atoms with E-state index in [2.05, 4.69) is 25.9 Å². The summed E-state index contributed by atoms with van der Waals surface area (Å²) in [5.41, 5.74) is 7.28. The fourth-order valence-electron chi connectivity index (χ4n) is 2.12. The molecule has 0 aliphatic heterocycles. The summed E-state index contributed by atoms with van der Waals surface area (Å²) in [4.78, 5) is 8.64. The summed E-state index contributed by atoms with van der Waals surface area (Å²) < 4.78 is 12.2. The third-order valence-electron chi connectivity index (χ3n) is 3.21. The van der Waals surface area contributed by atoms with Crippen LogP contribution in [0.5, 0.6) is 11.6 Å². The molecule has 0 aliphatic carbocycles. The van der Waals surface area contributed by atoms with E-state index >= 15 is 0 Å². The second-order valence-corrected chi connectivity index (χ2v) is 5.79. The summed E-state index contributed by atoms with van der Waals surface area (Å²) in [5.74, 6) is 1.26. The lowest BCUT2D eigenvalue weighted by molar-refractivity contribution is 0.211. The molecule has 118 valence electrons. The zero-order valence-electron chi connectivity index (χ0n) is 12.4. The van der Waals surface area contributed by atoms with Gasteiger partial charge in [0, 0.05) is 22.5 Å². The van der Waals surface area contributed by atoms with Gasteiger partial charge in [0.05, 0.1) is 17.4 Å². The molecule has 0 fully saturated rings. The van der Waals surface area contributed by atoms with E-state index in [1.54, 1.807) is 12.3 Å². The Labute approximate surface area is 142 Å². The van der Waals surface area contributed by atoms with E-state index in [1.807, 2.05) is 36.4 Å². The molecule has 0 bridgehead atoms. The fourth-order valence-corrected chi connectivity index (χ4v) is 2.50. The Hall–Kier alpha value is -2.18. The summed E-state index contributed by atoms with van der Waals surface area (Å²) in [7, 11) is 0. The Balaban J connectivity index is 1.56. The fraction of sp³-hybridized carbons (Fsp3) is 0.176. The van der Waals surface area contributed by atoms with E-state index < -0.39 is 0 Å². The number of hydrogen-bond acceptors (Lipinski definition) is 5. The van der Waals surface area contributed by atoms with Crippen LogP contribution in [0.1, 0.15) is 5.69 Å². The van der Waals surface area contributed by atoms with Crippen LogP contribution in [0.15, 0.2) is 53.1 Å². The van der Waals surface area contributed by atoms with Gasteiger partial charge in [-0.05, 0) is 30.3 Å². The topological polar surface area (TPSA) is 70.3 Å². The maximum atomic E-state index is 5.68. The molecule has 2 aromatic heterocycles. The molecule has 3 rings (SSSR count). The maximum absolute atomic E-state index is 5.68. The smallest absolute Gasteiger partial charge is 0.213 e. The monoisotopic (exact) mass is 373 g/mol. The van der Waals surface area contributed by atoms with E-state index in [4.69, 9.17) is 15.2 Å². The number of ether oxygens (including phenoxy) is 2. The quantitative estimate of drug-likeness (QED) is 0.671. The molecule has 1 aromatic carbocycles. The number of pyridine rings is 2. The first-order chi connectivity index (χ1) is 11.2. The van der Waals surface area contributed by atoms with Crippen molar-refractivity contribution in [3.63, 3.8) is 0 Å². The SMILES string of the molecule is NCc1cccc(OCCOc2cnc3ccc(Br)cc3c2)n1. The predicted octanol–water partition coefficient (Wildman–Crippen LogP) is 3.31. The van der Waals surface area contributed by atoms with Gasteiger partial charge in [0.1, 0.15) is 19.0 Å². The van der Waals surface area contributed by atoms with Crippen LogP contribution >= 0.6 is 15.9 Å². The average molecular weight is 374 g/mol. The number of nitrogens with two attached hydrogens (primary N) is 1. The molecule has 5 nitrogen and oxygen atoms in total. The zero-order chi connectivity index (χ0) is 16.1. The Kier molecular flexibility index (Phi) is 5.05. The normalized spacial score (nSPS) is 10.7. The molecule has 23 heavy (non-hydrogen) atoms. The van der Waals surface area contributed by atoms with Gasteiger partial charge < -0.3 is 15.2 Å². The van der Waals surface area contributed by atoms with Gasteiger partial charge in [-0.15, -0.1) is 0 Å². The van der Waals surface area contributed by atoms with Gasteiger partial charge in [-0.3, -0.25) is 4.98 Å². The minimum atomic E-state index is 0.395. The number of aromatic nitrogens is 2. The van der Waals surface area contributed by atoms with Crippen molar-refractivity contribution in [1.82, 2.24) is 9.97 Å². The van der Waals surface area contributed by atoms with Gasteiger partial charge in [-0.2, -0.15) is 0 Å². The largest absolute Gasteiger partial charge is 0.488 e.